The Balaban J connectivity index is 1.14. The highest BCUT2D eigenvalue weighted by Crippen LogP contribution is 2.34. The van der Waals surface area contributed by atoms with E-state index in [9.17, 15) is 14.4 Å². The Hall–Kier alpha value is -4.57. The van der Waals surface area contributed by atoms with Gasteiger partial charge in [0, 0.05) is 28.9 Å². The fourth-order valence-electron chi connectivity index (χ4n) is 4.09. The van der Waals surface area contributed by atoms with Crippen molar-refractivity contribution < 1.29 is 23.9 Å². The molecule has 0 atom stereocenters. The number of thiazole rings is 1. The van der Waals surface area contributed by atoms with Crippen molar-refractivity contribution in [2.45, 2.75) is 13.1 Å². The Bertz CT molecular complexity index is 1520. The van der Waals surface area contributed by atoms with Crippen LogP contribution in [0.2, 0.25) is 0 Å². The molecule has 3 amide bonds. The lowest BCUT2D eigenvalue weighted by molar-refractivity contribution is 0.0642. The number of nitrogens with zero attached hydrogens (tertiary/aromatic N) is 3. The van der Waals surface area contributed by atoms with Crippen molar-refractivity contribution in [2.75, 3.05) is 6.79 Å². The maximum Gasteiger partial charge on any atom is 0.261 e. The summed E-state index contributed by atoms with van der Waals surface area (Å²) in [4.78, 5) is 48.4. The van der Waals surface area contributed by atoms with Gasteiger partial charge in [0.05, 0.1) is 29.9 Å². The van der Waals surface area contributed by atoms with Crippen LogP contribution >= 0.6 is 11.3 Å². The van der Waals surface area contributed by atoms with Gasteiger partial charge >= 0.3 is 0 Å². The van der Waals surface area contributed by atoms with Crippen LogP contribution in [0.25, 0.3) is 10.6 Å². The molecule has 178 valence electrons. The maximum absolute atomic E-state index is 13.0. The minimum atomic E-state index is -0.441. The Morgan fingerprint density at radius 3 is 2.64 bits per heavy atom. The van der Waals surface area contributed by atoms with Gasteiger partial charge in [-0.15, -0.1) is 11.3 Å². The van der Waals surface area contributed by atoms with Gasteiger partial charge in [0.1, 0.15) is 5.01 Å². The molecular formula is C26H18N4O5S. The number of nitrogens with one attached hydrogen (secondary N) is 1. The van der Waals surface area contributed by atoms with Crippen molar-refractivity contribution in [1.82, 2.24) is 20.2 Å². The number of hydrogen-bond acceptors (Lipinski definition) is 8. The van der Waals surface area contributed by atoms with Crippen molar-refractivity contribution in [3.05, 3.63) is 94.3 Å². The SMILES string of the molecule is O=C(NCc1csc(-c2ccncc2)n1)c1ccc2c(c1)C(=O)N(Cc1ccc3c(c1)OCO3)C2=O. The summed E-state index contributed by atoms with van der Waals surface area (Å²) in [6, 6.07) is 13.6. The molecule has 10 heteroatoms. The molecule has 2 aromatic carbocycles. The average molecular weight is 499 g/mol. The Morgan fingerprint density at radius 1 is 0.972 bits per heavy atom. The number of ether oxygens (including phenoxy) is 2. The maximum atomic E-state index is 13.0. The molecule has 4 heterocycles. The number of carbonyl (C=O) groups excluding carboxylic acids is 3. The van der Waals surface area contributed by atoms with Crippen LogP contribution in [0.5, 0.6) is 11.5 Å². The predicted octanol–water partition coefficient (Wildman–Crippen LogP) is 3.66. The van der Waals surface area contributed by atoms with Crippen molar-refractivity contribution in [1.29, 1.82) is 0 Å². The van der Waals surface area contributed by atoms with Gasteiger partial charge in [0.15, 0.2) is 11.5 Å². The fraction of sp³-hybridized carbons (Fsp3) is 0.115. The predicted molar refractivity (Wildman–Crippen MR) is 130 cm³/mol. The summed E-state index contributed by atoms with van der Waals surface area (Å²) in [5.41, 5.74) is 3.20. The molecule has 2 aliphatic rings. The number of benzene rings is 2. The highest BCUT2D eigenvalue weighted by molar-refractivity contribution is 7.13. The lowest BCUT2D eigenvalue weighted by atomic mass is 10.1. The third-order valence-corrected chi connectivity index (χ3v) is 6.86. The van der Waals surface area contributed by atoms with Gasteiger partial charge in [-0.3, -0.25) is 24.3 Å². The number of amides is 3. The Labute approximate surface area is 209 Å². The standard InChI is InChI=1S/C26H18N4O5S/c31-23(28-11-18-13-36-24(29-18)16-5-7-27-8-6-16)17-2-3-19-20(10-17)26(33)30(25(19)32)12-15-1-4-21-22(9-15)35-14-34-21/h1-10,13H,11-12,14H2,(H,28,31). The van der Waals surface area contributed by atoms with Crippen LogP contribution in [0.3, 0.4) is 0 Å². The van der Waals surface area contributed by atoms with Crippen LogP contribution in [-0.2, 0) is 13.1 Å². The first-order chi connectivity index (χ1) is 17.6. The Morgan fingerprint density at radius 2 is 1.78 bits per heavy atom. The minimum absolute atomic E-state index is 0.0914. The molecule has 0 radical (unpaired) electrons. The molecule has 1 N–H and O–H groups in total. The highest BCUT2D eigenvalue weighted by Gasteiger charge is 2.36. The van der Waals surface area contributed by atoms with E-state index in [0.29, 0.717) is 17.1 Å². The third-order valence-electron chi connectivity index (χ3n) is 5.92. The second-order valence-electron chi connectivity index (χ2n) is 8.21. The molecule has 6 rings (SSSR count). The van der Waals surface area contributed by atoms with Crippen LogP contribution < -0.4 is 14.8 Å². The third kappa shape index (κ3) is 3.97. The van der Waals surface area contributed by atoms with Crippen LogP contribution in [-0.4, -0.2) is 39.4 Å². The molecular weight excluding hydrogens is 480 g/mol. The number of rotatable bonds is 6. The van der Waals surface area contributed by atoms with Gasteiger partial charge in [0.25, 0.3) is 17.7 Å². The molecule has 0 saturated carbocycles. The zero-order chi connectivity index (χ0) is 24.6. The van der Waals surface area contributed by atoms with Gasteiger partial charge in [-0.2, -0.15) is 0 Å². The van der Waals surface area contributed by atoms with Crippen LogP contribution in [0, 0.1) is 0 Å². The van der Waals surface area contributed by atoms with E-state index in [1.54, 1.807) is 36.7 Å². The Kier molecular flexibility index (Phi) is 5.42. The van der Waals surface area contributed by atoms with Crippen molar-refractivity contribution in [3.63, 3.8) is 0 Å². The molecule has 36 heavy (non-hydrogen) atoms. The van der Waals surface area contributed by atoms with E-state index < -0.39 is 11.8 Å². The highest BCUT2D eigenvalue weighted by atomic mass is 32.1. The first-order valence-electron chi connectivity index (χ1n) is 11.1. The van der Waals surface area contributed by atoms with Crippen molar-refractivity contribution in [2.24, 2.45) is 0 Å². The van der Waals surface area contributed by atoms with E-state index in [2.05, 4.69) is 15.3 Å². The first kappa shape index (κ1) is 21.9. The first-order valence-corrected chi connectivity index (χ1v) is 12.0. The van der Waals surface area contributed by atoms with Gasteiger partial charge in [-0.05, 0) is 48.0 Å². The summed E-state index contributed by atoms with van der Waals surface area (Å²) in [6.45, 7) is 0.472. The summed E-state index contributed by atoms with van der Waals surface area (Å²) in [5, 5.41) is 5.55. The minimum Gasteiger partial charge on any atom is -0.454 e. The van der Waals surface area contributed by atoms with E-state index in [1.165, 1.54) is 28.4 Å². The number of imide groups is 1. The van der Waals surface area contributed by atoms with Crippen molar-refractivity contribution in [3.8, 4) is 22.1 Å². The molecule has 0 bridgehead atoms. The van der Waals surface area contributed by atoms with Gasteiger partial charge < -0.3 is 14.8 Å². The monoisotopic (exact) mass is 498 g/mol. The van der Waals surface area contributed by atoms with E-state index in [4.69, 9.17) is 9.47 Å². The molecule has 4 aromatic rings. The average Bonchev–Trinajstić information content (AvgIpc) is 3.63. The van der Waals surface area contributed by atoms with Gasteiger partial charge in [-0.1, -0.05) is 6.07 Å². The molecule has 2 aromatic heterocycles. The van der Waals surface area contributed by atoms with E-state index in [-0.39, 0.29) is 36.9 Å². The zero-order valence-electron chi connectivity index (χ0n) is 18.8. The largest absolute Gasteiger partial charge is 0.454 e. The summed E-state index contributed by atoms with van der Waals surface area (Å²) in [5.74, 6) is 0.0133. The molecule has 9 nitrogen and oxygen atoms in total. The molecule has 0 spiro atoms. The number of carbonyl (C=O) groups is 3. The summed E-state index contributed by atoms with van der Waals surface area (Å²) < 4.78 is 10.7. The number of aromatic nitrogens is 2. The molecule has 0 aliphatic carbocycles. The van der Waals surface area contributed by atoms with Crippen LogP contribution in [0.15, 0.2) is 66.3 Å². The van der Waals surface area contributed by atoms with Crippen molar-refractivity contribution >= 4 is 29.1 Å². The lowest BCUT2D eigenvalue weighted by Gasteiger charge is -2.14. The second kappa shape index (κ2) is 8.90. The normalized spacial score (nSPS) is 13.7. The summed E-state index contributed by atoms with van der Waals surface area (Å²) in [6.07, 6.45) is 3.41. The molecule has 0 fully saturated rings. The molecule has 0 saturated heterocycles. The smallest absolute Gasteiger partial charge is 0.261 e. The second-order valence-corrected chi connectivity index (χ2v) is 9.07. The van der Waals surface area contributed by atoms with Crippen LogP contribution in [0.1, 0.15) is 42.3 Å². The molecule has 2 aliphatic heterocycles. The molecule has 0 unspecified atom stereocenters. The van der Waals surface area contributed by atoms with Gasteiger partial charge in [-0.25, -0.2) is 4.98 Å². The quantitative estimate of drug-likeness (QED) is 0.404. The fourth-order valence-corrected chi connectivity index (χ4v) is 4.91. The van der Waals surface area contributed by atoms with E-state index in [0.717, 1.165) is 21.8 Å². The number of pyridine rings is 1. The van der Waals surface area contributed by atoms with E-state index in [1.807, 2.05) is 17.5 Å². The number of hydrogen-bond donors (Lipinski definition) is 1. The van der Waals surface area contributed by atoms with Crippen LogP contribution in [0.4, 0.5) is 0 Å². The number of fused-ring (bicyclic) bond motifs is 2. The summed E-state index contributed by atoms with van der Waals surface area (Å²) in [7, 11) is 0. The topological polar surface area (TPSA) is 111 Å². The van der Waals surface area contributed by atoms with Gasteiger partial charge in [0.2, 0.25) is 6.79 Å². The van der Waals surface area contributed by atoms with E-state index >= 15 is 0 Å². The summed E-state index contributed by atoms with van der Waals surface area (Å²) >= 11 is 1.48. The zero-order valence-corrected chi connectivity index (χ0v) is 19.6. The lowest BCUT2D eigenvalue weighted by Crippen LogP contribution is -2.29.